The normalized spacial score (nSPS) is 18.3. The summed E-state index contributed by atoms with van der Waals surface area (Å²) in [4.78, 5) is 12.3. The Labute approximate surface area is 149 Å². The number of sulfonamides is 1. The van der Waals surface area contributed by atoms with Gasteiger partial charge in [0.1, 0.15) is 5.82 Å². The minimum absolute atomic E-state index is 0.00708. The Morgan fingerprint density at radius 1 is 1.24 bits per heavy atom. The van der Waals surface area contributed by atoms with Gasteiger partial charge in [-0.1, -0.05) is 32.0 Å². The molecule has 1 fully saturated rings. The topological polar surface area (TPSA) is 66.5 Å². The summed E-state index contributed by atoms with van der Waals surface area (Å²) in [5.41, 5.74) is 0.174. The monoisotopic (exact) mass is 370 g/mol. The Balaban J connectivity index is 1.92. The van der Waals surface area contributed by atoms with Crippen LogP contribution in [-0.4, -0.2) is 37.8 Å². The van der Waals surface area contributed by atoms with Crippen LogP contribution in [-0.2, 0) is 20.6 Å². The maximum absolute atomic E-state index is 13.7. The van der Waals surface area contributed by atoms with Gasteiger partial charge in [0.2, 0.25) is 15.9 Å². The molecule has 0 unspecified atom stereocenters. The van der Waals surface area contributed by atoms with E-state index in [1.54, 1.807) is 6.07 Å². The second kappa shape index (κ2) is 8.27. The van der Waals surface area contributed by atoms with E-state index in [0.29, 0.717) is 31.8 Å². The van der Waals surface area contributed by atoms with E-state index in [4.69, 9.17) is 0 Å². The zero-order valence-corrected chi connectivity index (χ0v) is 15.9. The number of amides is 1. The fourth-order valence-electron chi connectivity index (χ4n) is 2.81. The van der Waals surface area contributed by atoms with Crippen molar-refractivity contribution in [3.8, 4) is 0 Å². The molecular weight excluding hydrogens is 343 g/mol. The highest BCUT2D eigenvalue weighted by atomic mass is 32.2. The van der Waals surface area contributed by atoms with E-state index in [1.165, 1.54) is 22.5 Å². The van der Waals surface area contributed by atoms with Gasteiger partial charge >= 0.3 is 0 Å². The molecule has 0 saturated carbocycles. The quantitative estimate of drug-likeness (QED) is 0.837. The fourth-order valence-corrected chi connectivity index (χ4v) is 4.39. The van der Waals surface area contributed by atoms with Crippen molar-refractivity contribution in [3.05, 3.63) is 35.6 Å². The predicted octanol–water partition coefficient (Wildman–Crippen LogP) is 2.53. The van der Waals surface area contributed by atoms with Crippen molar-refractivity contribution in [1.29, 1.82) is 0 Å². The number of carbonyl (C=O) groups excluding carboxylic acids is 1. The van der Waals surface area contributed by atoms with Crippen molar-refractivity contribution in [2.75, 3.05) is 13.1 Å². The molecule has 0 aliphatic carbocycles. The van der Waals surface area contributed by atoms with Crippen molar-refractivity contribution in [1.82, 2.24) is 9.62 Å². The first-order valence-electron chi connectivity index (χ1n) is 8.72. The van der Waals surface area contributed by atoms with Gasteiger partial charge < -0.3 is 5.32 Å². The van der Waals surface area contributed by atoms with Gasteiger partial charge in [-0.25, -0.2) is 17.1 Å². The first kappa shape index (κ1) is 19.8. The van der Waals surface area contributed by atoms with Crippen molar-refractivity contribution >= 4 is 15.9 Å². The SMILES string of the molecule is CC(C)[C@@H](C)NC(=O)C1CCN(S(=O)(=O)Cc2ccccc2F)CC1. The molecule has 1 heterocycles. The lowest BCUT2D eigenvalue weighted by Crippen LogP contribution is -2.46. The molecule has 25 heavy (non-hydrogen) atoms. The van der Waals surface area contributed by atoms with Gasteiger partial charge in [0.25, 0.3) is 0 Å². The summed E-state index contributed by atoms with van der Waals surface area (Å²) in [5.74, 6) is -0.678. The van der Waals surface area contributed by atoms with E-state index in [9.17, 15) is 17.6 Å². The highest BCUT2D eigenvalue weighted by molar-refractivity contribution is 7.88. The van der Waals surface area contributed by atoms with Crippen LogP contribution in [0.25, 0.3) is 0 Å². The largest absolute Gasteiger partial charge is 0.353 e. The van der Waals surface area contributed by atoms with Gasteiger partial charge in [0.15, 0.2) is 0 Å². The Kier molecular flexibility index (Phi) is 6.57. The van der Waals surface area contributed by atoms with E-state index in [2.05, 4.69) is 5.32 Å². The van der Waals surface area contributed by atoms with Crippen LogP contribution in [0.15, 0.2) is 24.3 Å². The molecule has 0 radical (unpaired) electrons. The third-order valence-electron chi connectivity index (χ3n) is 4.88. The maximum atomic E-state index is 13.7. The van der Waals surface area contributed by atoms with Crippen LogP contribution in [0.1, 0.15) is 39.2 Å². The maximum Gasteiger partial charge on any atom is 0.223 e. The zero-order valence-electron chi connectivity index (χ0n) is 15.0. The summed E-state index contributed by atoms with van der Waals surface area (Å²) < 4.78 is 40.1. The van der Waals surface area contributed by atoms with Crippen LogP contribution in [0.4, 0.5) is 4.39 Å². The fraction of sp³-hybridized carbons (Fsp3) is 0.611. The number of rotatable bonds is 6. The first-order chi connectivity index (χ1) is 11.7. The predicted molar refractivity (Wildman–Crippen MR) is 95.8 cm³/mol. The number of halogens is 1. The van der Waals surface area contributed by atoms with Crippen LogP contribution < -0.4 is 5.32 Å². The summed E-state index contributed by atoms with van der Waals surface area (Å²) in [6.07, 6.45) is 0.986. The van der Waals surface area contributed by atoms with Gasteiger partial charge in [-0.15, -0.1) is 0 Å². The summed E-state index contributed by atoms with van der Waals surface area (Å²) in [6, 6.07) is 6.00. The third-order valence-corrected chi connectivity index (χ3v) is 6.71. The average molecular weight is 370 g/mol. The van der Waals surface area contributed by atoms with E-state index >= 15 is 0 Å². The lowest BCUT2D eigenvalue weighted by atomic mass is 9.96. The number of nitrogens with one attached hydrogen (secondary N) is 1. The molecule has 1 aliphatic rings. The lowest BCUT2D eigenvalue weighted by Gasteiger charge is -2.31. The molecule has 0 bridgehead atoms. The Morgan fingerprint density at radius 2 is 1.84 bits per heavy atom. The summed E-state index contributed by atoms with van der Waals surface area (Å²) in [7, 11) is -3.58. The minimum atomic E-state index is -3.58. The van der Waals surface area contributed by atoms with Gasteiger partial charge in [0.05, 0.1) is 5.75 Å². The number of hydrogen-bond donors (Lipinski definition) is 1. The summed E-state index contributed by atoms with van der Waals surface area (Å²) in [6.45, 7) is 6.65. The number of piperidine rings is 1. The highest BCUT2D eigenvalue weighted by Crippen LogP contribution is 2.23. The molecular formula is C18H27FN2O3S. The number of nitrogens with zero attached hydrogens (tertiary/aromatic N) is 1. The van der Waals surface area contributed by atoms with Gasteiger partial charge in [-0.3, -0.25) is 4.79 Å². The van der Waals surface area contributed by atoms with Crippen LogP contribution in [0, 0.1) is 17.7 Å². The van der Waals surface area contributed by atoms with E-state index < -0.39 is 15.8 Å². The molecule has 5 nitrogen and oxygen atoms in total. The van der Waals surface area contributed by atoms with Crippen LogP contribution >= 0.6 is 0 Å². The molecule has 1 aromatic rings. The van der Waals surface area contributed by atoms with Crippen molar-refractivity contribution in [2.45, 2.75) is 45.4 Å². The molecule has 1 aliphatic heterocycles. The standard InChI is InChI=1S/C18H27FN2O3S/c1-13(2)14(3)20-18(22)15-8-10-21(11-9-15)25(23,24)12-16-6-4-5-7-17(16)19/h4-7,13-15H,8-12H2,1-3H3,(H,20,22)/t14-/m1/s1. The summed E-state index contributed by atoms with van der Waals surface area (Å²) in [5, 5.41) is 2.99. The molecule has 0 aromatic heterocycles. The van der Waals surface area contributed by atoms with E-state index in [-0.39, 0.29) is 29.2 Å². The Morgan fingerprint density at radius 3 is 2.40 bits per heavy atom. The van der Waals surface area contributed by atoms with Gasteiger partial charge in [-0.05, 0) is 31.7 Å². The van der Waals surface area contributed by atoms with Crippen LogP contribution in [0.2, 0.25) is 0 Å². The second-order valence-corrected chi connectivity index (χ2v) is 9.03. The number of benzene rings is 1. The average Bonchev–Trinajstić information content (AvgIpc) is 2.56. The molecule has 140 valence electrons. The number of hydrogen-bond acceptors (Lipinski definition) is 3. The molecule has 1 aromatic carbocycles. The minimum Gasteiger partial charge on any atom is -0.353 e. The van der Waals surface area contributed by atoms with Crippen molar-refractivity contribution < 1.29 is 17.6 Å². The zero-order chi connectivity index (χ0) is 18.6. The molecule has 1 atom stereocenters. The Hall–Kier alpha value is -1.47. The first-order valence-corrected chi connectivity index (χ1v) is 10.3. The van der Waals surface area contributed by atoms with Gasteiger partial charge in [-0.2, -0.15) is 0 Å². The third kappa shape index (κ3) is 5.25. The van der Waals surface area contributed by atoms with Crippen molar-refractivity contribution in [3.63, 3.8) is 0 Å². The van der Waals surface area contributed by atoms with Crippen LogP contribution in [0.5, 0.6) is 0 Å². The molecule has 1 amide bonds. The molecule has 1 saturated heterocycles. The molecule has 7 heteroatoms. The van der Waals surface area contributed by atoms with Crippen molar-refractivity contribution in [2.24, 2.45) is 11.8 Å². The molecule has 0 spiro atoms. The Bertz CT molecular complexity index is 698. The van der Waals surface area contributed by atoms with Crippen LogP contribution in [0.3, 0.4) is 0 Å². The molecule has 2 rings (SSSR count). The van der Waals surface area contributed by atoms with Gasteiger partial charge in [0, 0.05) is 30.6 Å². The van der Waals surface area contributed by atoms with E-state index in [1.807, 2.05) is 20.8 Å². The highest BCUT2D eigenvalue weighted by Gasteiger charge is 2.32. The molecule has 1 N–H and O–H groups in total. The summed E-state index contributed by atoms with van der Waals surface area (Å²) >= 11 is 0. The lowest BCUT2D eigenvalue weighted by molar-refractivity contribution is -0.127. The smallest absolute Gasteiger partial charge is 0.223 e. The van der Waals surface area contributed by atoms with E-state index in [0.717, 1.165) is 0 Å². The number of carbonyl (C=O) groups is 1. The second-order valence-electron chi connectivity index (χ2n) is 7.06.